The van der Waals surface area contributed by atoms with Gasteiger partial charge in [-0.15, -0.1) is 0 Å². The monoisotopic (exact) mass is 320 g/mol. The first-order valence-electron chi connectivity index (χ1n) is 5.84. The molecule has 0 atom stereocenters. The average molecular weight is 321 g/mol. The standard InChI is InChI=1S/C14H13BrN2O2/c15-9-8-10-4-6-11(7-5-10)16-14(19)12-2-1-3-13(18)17-12/h1-7H,8-9H2,(H,16,19)(H,17,18). The quantitative estimate of drug-likeness (QED) is 0.850. The number of aromatic nitrogens is 1. The van der Waals surface area contributed by atoms with Crippen molar-refractivity contribution in [2.24, 2.45) is 0 Å². The van der Waals surface area contributed by atoms with Gasteiger partial charge in [-0.2, -0.15) is 0 Å². The van der Waals surface area contributed by atoms with Crippen molar-refractivity contribution in [2.75, 3.05) is 10.6 Å². The zero-order valence-corrected chi connectivity index (χ0v) is 11.7. The van der Waals surface area contributed by atoms with Crippen molar-refractivity contribution in [2.45, 2.75) is 6.42 Å². The summed E-state index contributed by atoms with van der Waals surface area (Å²) in [6.07, 6.45) is 0.945. The SMILES string of the molecule is O=C(Nc1ccc(CCBr)cc1)c1cccc(=O)[nH]1. The maximum atomic E-state index is 11.9. The van der Waals surface area contributed by atoms with Gasteiger partial charge < -0.3 is 10.3 Å². The van der Waals surface area contributed by atoms with Gasteiger partial charge in [-0.05, 0) is 30.2 Å². The lowest BCUT2D eigenvalue weighted by molar-refractivity contribution is 0.102. The molecular formula is C14H13BrN2O2. The van der Waals surface area contributed by atoms with Crippen molar-refractivity contribution in [3.63, 3.8) is 0 Å². The van der Waals surface area contributed by atoms with Crippen LogP contribution in [0, 0.1) is 0 Å². The molecule has 1 heterocycles. The first-order valence-corrected chi connectivity index (χ1v) is 6.97. The Kier molecular flexibility index (Phi) is 4.52. The number of aromatic amines is 1. The number of aryl methyl sites for hydroxylation is 1. The molecule has 2 aromatic rings. The van der Waals surface area contributed by atoms with Gasteiger partial charge in [0.25, 0.3) is 5.91 Å². The van der Waals surface area contributed by atoms with Gasteiger partial charge in [0.15, 0.2) is 0 Å². The van der Waals surface area contributed by atoms with Gasteiger partial charge in [0.1, 0.15) is 5.69 Å². The first kappa shape index (κ1) is 13.5. The highest BCUT2D eigenvalue weighted by Crippen LogP contribution is 2.11. The third kappa shape index (κ3) is 3.79. The van der Waals surface area contributed by atoms with E-state index in [1.54, 1.807) is 12.1 Å². The number of amides is 1. The van der Waals surface area contributed by atoms with Crippen LogP contribution in [-0.4, -0.2) is 16.2 Å². The molecule has 0 unspecified atom stereocenters. The predicted molar refractivity (Wildman–Crippen MR) is 79.0 cm³/mol. The number of pyridine rings is 1. The fourth-order valence-electron chi connectivity index (χ4n) is 1.64. The van der Waals surface area contributed by atoms with E-state index in [0.29, 0.717) is 5.69 Å². The Balaban J connectivity index is 2.08. The molecule has 2 rings (SSSR count). The van der Waals surface area contributed by atoms with Crippen LogP contribution in [0.3, 0.4) is 0 Å². The smallest absolute Gasteiger partial charge is 0.272 e. The lowest BCUT2D eigenvalue weighted by Crippen LogP contribution is -2.17. The minimum atomic E-state index is -0.328. The highest BCUT2D eigenvalue weighted by molar-refractivity contribution is 9.09. The molecular weight excluding hydrogens is 308 g/mol. The number of anilines is 1. The highest BCUT2D eigenvalue weighted by atomic mass is 79.9. The molecule has 0 aliphatic heterocycles. The average Bonchev–Trinajstić information content (AvgIpc) is 2.41. The molecule has 1 amide bonds. The van der Waals surface area contributed by atoms with Gasteiger partial charge in [0, 0.05) is 17.1 Å². The number of alkyl halides is 1. The minimum Gasteiger partial charge on any atom is -0.321 e. The van der Waals surface area contributed by atoms with Crippen LogP contribution in [-0.2, 0) is 6.42 Å². The van der Waals surface area contributed by atoms with Crippen molar-refractivity contribution >= 4 is 27.5 Å². The number of rotatable bonds is 4. The third-order valence-electron chi connectivity index (χ3n) is 2.61. The summed E-state index contributed by atoms with van der Waals surface area (Å²) < 4.78 is 0. The number of benzene rings is 1. The van der Waals surface area contributed by atoms with Gasteiger partial charge in [-0.1, -0.05) is 34.1 Å². The lowest BCUT2D eigenvalue weighted by atomic mass is 10.1. The second kappa shape index (κ2) is 6.33. The zero-order chi connectivity index (χ0) is 13.7. The second-order valence-electron chi connectivity index (χ2n) is 4.02. The van der Waals surface area contributed by atoms with Gasteiger partial charge in [-0.3, -0.25) is 9.59 Å². The molecule has 0 aliphatic rings. The normalized spacial score (nSPS) is 10.2. The first-order chi connectivity index (χ1) is 9.19. The van der Waals surface area contributed by atoms with Crippen LogP contribution < -0.4 is 10.9 Å². The molecule has 1 aromatic heterocycles. The number of carbonyl (C=O) groups excluding carboxylic acids is 1. The topological polar surface area (TPSA) is 62.0 Å². The van der Waals surface area contributed by atoms with Crippen LogP contribution in [0.15, 0.2) is 47.3 Å². The summed E-state index contributed by atoms with van der Waals surface area (Å²) in [6, 6.07) is 12.1. The van der Waals surface area contributed by atoms with E-state index >= 15 is 0 Å². The molecule has 0 radical (unpaired) electrons. The lowest BCUT2D eigenvalue weighted by Gasteiger charge is -2.06. The van der Waals surface area contributed by atoms with E-state index in [-0.39, 0.29) is 17.2 Å². The minimum absolute atomic E-state index is 0.247. The number of carbonyl (C=O) groups is 1. The molecule has 0 fully saturated rings. The number of H-pyrrole nitrogens is 1. The Morgan fingerprint density at radius 3 is 2.53 bits per heavy atom. The van der Waals surface area contributed by atoms with Crippen molar-refractivity contribution < 1.29 is 4.79 Å². The van der Waals surface area contributed by atoms with Gasteiger partial charge in [0.05, 0.1) is 0 Å². The molecule has 4 nitrogen and oxygen atoms in total. The molecule has 0 aliphatic carbocycles. The Bertz CT molecular complexity index is 620. The summed E-state index contributed by atoms with van der Waals surface area (Å²) >= 11 is 3.38. The maximum absolute atomic E-state index is 11.9. The highest BCUT2D eigenvalue weighted by Gasteiger charge is 2.06. The zero-order valence-electron chi connectivity index (χ0n) is 10.2. The maximum Gasteiger partial charge on any atom is 0.272 e. The van der Waals surface area contributed by atoms with Gasteiger partial charge >= 0.3 is 0 Å². The van der Waals surface area contributed by atoms with Crippen LogP contribution in [0.2, 0.25) is 0 Å². The van der Waals surface area contributed by atoms with E-state index in [0.717, 1.165) is 11.8 Å². The summed E-state index contributed by atoms with van der Waals surface area (Å²) in [4.78, 5) is 25.5. The molecule has 19 heavy (non-hydrogen) atoms. The van der Waals surface area contributed by atoms with E-state index < -0.39 is 0 Å². The Morgan fingerprint density at radius 2 is 1.89 bits per heavy atom. The molecule has 5 heteroatoms. The largest absolute Gasteiger partial charge is 0.321 e. The van der Waals surface area contributed by atoms with Crippen LogP contribution >= 0.6 is 15.9 Å². The van der Waals surface area contributed by atoms with Crippen LogP contribution in [0.4, 0.5) is 5.69 Å². The summed E-state index contributed by atoms with van der Waals surface area (Å²) in [7, 11) is 0. The van der Waals surface area contributed by atoms with E-state index in [1.165, 1.54) is 11.6 Å². The molecule has 98 valence electrons. The third-order valence-corrected chi connectivity index (χ3v) is 3.00. The number of hydrogen-bond acceptors (Lipinski definition) is 2. The second-order valence-corrected chi connectivity index (χ2v) is 4.81. The van der Waals surface area contributed by atoms with Crippen molar-refractivity contribution in [1.82, 2.24) is 4.98 Å². The molecule has 2 N–H and O–H groups in total. The fourth-order valence-corrected chi connectivity index (χ4v) is 2.10. The van der Waals surface area contributed by atoms with E-state index in [2.05, 4.69) is 26.2 Å². The summed E-state index contributed by atoms with van der Waals surface area (Å²) in [6.45, 7) is 0. The van der Waals surface area contributed by atoms with Crippen molar-refractivity contribution in [3.05, 3.63) is 64.1 Å². The van der Waals surface area contributed by atoms with E-state index in [9.17, 15) is 9.59 Å². The van der Waals surface area contributed by atoms with Crippen LogP contribution in [0.25, 0.3) is 0 Å². The van der Waals surface area contributed by atoms with E-state index in [1.807, 2.05) is 24.3 Å². The number of hydrogen-bond donors (Lipinski definition) is 2. The van der Waals surface area contributed by atoms with Crippen LogP contribution in [0.1, 0.15) is 16.1 Å². The summed E-state index contributed by atoms with van der Waals surface area (Å²) in [5, 5.41) is 3.64. The van der Waals surface area contributed by atoms with Gasteiger partial charge in [0.2, 0.25) is 5.56 Å². The predicted octanol–water partition coefficient (Wildman–Crippen LogP) is 2.56. The Morgan fingerprint density at radius 1 is 1.16 bits per heavy atom. The Hall–Kier alpha value is -1.88. The van der Waals surface area contributed by atoms with Crippen LogP contribution in [0.5, 0.6) is 0 Å². The molecule has 0 saturated heterocycles. The summed E-state index contributed by atoms with van der Waals surface area (Å²) in [5.41, 5.74) is 1.85. The molecule has 0 bridgehead atoms. The van der Waals surface area contributed by atoms with Gasteiger partial charge in [-0.25, -0.2) is 0 Å². The Labute approximate surface area is 119 Å². The number of nitrogens with one attached hydrogen (secondary N) is 2. The molecule has 0 spiro atoms. The fraction of sp³-hybridized carbons (Fsp3) is 0.143. The summed E-state index contributed by atoms with van der Waals surface area (Å²) in [5.74, 6) is -0.328. The van der Waals surface area contributed by atoms with Crippen molar-refractivity contribution in [1.29, 1.82) is 0 Å². The molecule has 1 aromatic carbocycles. The molecule has 0 saturated carbocycles. The van der Waals surface area contributed by atoms with E-state index in [4.69, 9.17) is 0 Å². The van der Waals surface area contributed by atoms with Crippen molar-refractivity contribution in [3.8, 4) is 0 Å². The number of halogens is 1.